The number of nitrogens with zero attached hydrogens (tertiary/aromatic N) is 5. The molecule has 3 aromatic heterocycles. The summed E-state index contributed by atoms with van der Waals surface area (Å²) >= 11 is 0. The van der Waals surface area contributed by atoms with Crippen molar-refractivity contribution < 1.29 is 14.0 Å². The van der Waals surface area contributed by atoms with E-state index in [-0.39, 0.29) is 17.5 Å². The van der Waals surface area contributed by atoms with Crippen LogP contribution in [0.2, 0.25) is 0 Å². The minimum absolute atomic E-state index is 0.159. The number of aromatic nitrogens is 2. The minimum Gasteiger partial charge on any atom is -0.467 e. The van der Waals surface area contributed by atoms with Crippen LogP contribution in [-0.4, -0.2) is 58.9 Å². The number of hydrogen-bond donors (Lipinski definition) is 1. The van der Waals surface area contributed by atoms with Crippen molar-refractivity contribution in [3.05, 3.63) is 72.1 Å². The maximum Gasteiger partial charge on any atom is 0.272 e. The van der Waals surface area contributed by atoms with E-state index in [2.05, 4.69) is 39.7 Å². The topological polar surface area (TPSA) is 109 Å². The van der Waals surface area contributed by atoms with Gasteiger partial charge in [-0.2, -0.15) is 0 Å². The molecule has 9 nitrogen and oxygen atoms in total. The van der Waals surface area contributed by atoms with Crippen LogP contribution in [0.15, 0.2) is 59.5 Å². The zero-order valence-corrected chi connectivity index (χ0v) is 18.8. The van der Waals surface area contributed by atoms with Gasteiger partial charge in [0.25, 0.3) is 5.91 Å². The van der Waals surface area contributed by atoms with E-state index in [1.165, 1.54) is 12.3 Å². The van der Waals surface area contributed by atoms with E-state index >= 15 is 0 Å². The first-order chi connectivity index (χ1) is 15.9. The summed E-state index contributed by atoms with van der Waals surface area (Å²) < 4.78 is 5.57. The predicted molar refractivity (Wildman–Crippen MR) is 125 cm³/mol. The van der Waals surface area contributed by atoms with Crippen molar-refractivity contribution in [1.82, 2.24) is 14.9 Å². The maximum atomic E-state index is 12.9. The fourth-order valence-electron chi connectivity index (χ4n) is 3.92. The molecular formula is C24H28N6O3. The van der Waals surface area contributed by atoms with Crippen LogP contribution in [0, 0.1) is 0 Å². The molecule has 2 amide bonds. The largest absolute Gasteiger partial charge is 0.467 e. The third-order valence-electron chi connectivity index (χ3n) is 5.74. The van der Waals surface area contributed by atoms with Gasteiger partial charge < -0.3 is 24.9 Å². The Hall–Kier alpha value is -3.88. The molecule has 1 aliphatic heterocycles. The average Bonchev–Trinajstić information content (AvgIpc) is 3.35. The molecule has 172 valence electrons. The smallest absolute Gasteiger partial charge is 0.272 e. The van der Waals surface area contributed by atoms with E-state index in [0.29, 0.717) is 38.4 Å². The molecule has 1 fully saturated rings. The molecule has 0 unspecified atom stereocenters. The number of nitrogens with two attached hydrogens (primary N) is 1. The van der Waals surface area contributed by atoms with Gasteiger partial charge >= 0.3 is 0 Å². The number of amides is 2. The van der Waals surface area contributed by atoms with Crippen molar-refractivity contribution in [3.8, 4) is 0 Å². The molecule has 1 aliphatic rings. The van der Waals surface area contributed by atoms with Crippen LogP contribution in [0.3, 0.4) is 0 Å². The van der Waals surface area contributed by atoms with Crippen LogP contribution in [0.25, 0.3) is 0 Å². The van der Waals surface area contributed by atoms with E-state index in [1.807, 2.05) is 18.2 Å². The molecule has 0 bridgehead atoms. The summed E-state index contributed by atoms with van der Waals surface area (Å²) in [6, 6.07) is 11.2. The summed E-state index contributed by atoms with van der Waals surface area (Å²) in [5.74, 6) is 1.06. The van der Waals surface area contributed by atoms with Gasteiger partial charge in [0.1, 0.15) is 11.5 Å². The quantitative estimate of drug-likeness (QED) is 0.592. The molecule has 0 spiro atoms. The SMILES string of the molecule is CC(C)N(Cc1ccco1)c1cccnc1N1CCN(C(=O)c2ccc(C(N)=O)cn2)CC1. The van der Waals surface area contributed by atoms with Gasteiger partial charge in [0, 0.05) is 44.6 Å². The van der Waals surface area contributed by atoms with E-state index in [9.17, 15) is 9.59 Å². The van der Waals surface area contributed by atoms with Gasteiger partial charge in [-0.3, -0.25) is 14.6 Å². The Morgan fingerprint density at radius 3 is 2.48 bits per heavy atom. The number of carbonyl (C=O) groups is 2. The highest BCUT2D eigenvalue weighted by molar-refractivity contribution is 5.95. The van der Waals surface area contributed by atoms with Gasteiger partial charge in [-0.05, 0) is 50.2 Å². The van der Waals surface area contributed by atoms with Gasteiger partial charge in [-0.15, -0.1) is 0 Å². The molecule has 33 heavy (non-hydrogen) atoms. The highest BCUT2D eigenvalue weighted by Crippen LogP contribution is 2.30. The van der Waals surface area contributed by atoms with Crippen molar-refractivity contribution in [1.29, 1.82) is 0 Å². The molecular weight excluding hydrogens is 420 g/mol. The van der Waals surface area contributed by atoms with Crippen molar-refractivity contribution >= 4 is 23.3 Å². The molecule has 9 heteroatoms. The van der Waals surface area contributed by atoms with Gasteiger partial charge in [-0.1, -0.05) is 0 Å². The first-order valence-electron chi connectivity index (χ1n) is 11.0. The zero-order chi connectivity index (χ0) is 23.4. The Morgan fingerprint density at radius 2 is 1.88 bits per heavy atom. The summed E-state index contributed by atoms with van der Waals surface area (Å²) in [7, 11) is 0. The Bertz CT molecular complexity index is 1090. The minimum atomic E-state index is -0.566. The maximum absolute atomic E-state index is 12.9. The average molecular weight is 449 g/mol. The molecule has 0 saturated carbocycles. The molecule has 4 rings (SSSR count). The molecule has 4 heterocycles. The van der Waals surface area contributed by atoms with Crippen LogP contribution < -0.4 is 15.5 Å². The van der Waals surface area contributed by atoms with E-state index in [0.717, 1.165) is 17.3 Å². The number of pyridine rings is 2. The molecule has 1 saturated heterocycles. The second-order valence-corrected chi connectivity index (χ2v) is 8.22. The second kappa shape index (κ2) is 9.72. The third-order valence-corrected chi connectivity index (χ3v) is 5.74. The standard InChI is InChI=1S/C24H28N6O3/c1-17(2)30(16-19-5-4-14-33-19)21-6-3-9-26-23(21)28-10-12-29(13-11-28)24(32)20-8-7-18(15-27-20)22(25)31/h3-9,14-15,17H,10-13,16H2,1-2H3,(H2,25,31). The molecule has 0 atom stereocenters. The van der Waals surface area contributed by atoms with Crippen LogP contribution in [0.5, 0.6) is 0 Å². The lowest BCUT2D eigenvalue weighted by Gasteiger charge is -2.38. The van der Waals surface area contributed by atoms with E-state index in [4.69, 9.17) is 10.2 Å². The number of primary amides is 1. The second-order valence-electron chi connectivity index (χ2n) is 8.22. The van der Waals surface area contributed by atoms with Crippen LogP contribution >= 0.6 is 0 Å². The molecule has 2 N–H and O–H groups in total. The number of furan rings is 1. The predicted octanol–water partition coefficient (Wildman–Crippen LogP) is 2.55. The highest BCUT2D eigenvalue weighted by atomic mass is 16.3. The van der Waals surface area contributed by atoms with E-state index < -0.39 is 5.91 Å². The fraction of sp³-hybridized carbons (Fsp3) is 0.333. The normalized spacial score (nSPS) is 13.9. The summed E-state index contributed by atoms with van der Waals surface area (Å²) in [6.07, 6.45) is 4.82. The summed E-state index contributed by atoms with van der Waals surface area (Å²) in [6.45, 7) is 7.35. The number of anilines is 2. The van der Waals surface area contributed by atoms with Crippen molar-refractivity contribution in [2.24, 2.45) is 5.73 Å². The highest BCUT2D eigenvalue weighted by Gasteiger charge is 2.27. The van der Waals surface area contributed by atoms with Crippen molar-refractivity contribution in [2.75, 3.05) is 36.0 Å². The first kappa shape index (κ1) is 22.3. The molecule has 0 radical (unpaired) electrons. The van der Waals surface area contributed by atoms with E-state index in [1.54, 1.807) is 23.4 Å². The van der Waals surface area contributed by atoms with Gasteiger partial charge in [0.2, 0.25) is 5.91 Å². The lowest BCUT2D eigenvalue weighted by molar-refractivity contribution is 0.0740. The number of rotatable bonds is 7. The van der Waals surface area contributed by atoms with Crippen molar-refractivity contribution in [3.63, 3.8) is 0 Å². The van der Waals surface area contributed by atoms with Gasteiger partial charge in [0.15, 0.2) is 5.82 Å². The molecule has 0 aliphatic carbocycles. The number of piperazine rings is 1. The summed E-state index contributed by atoms with van der Waals surface area (Å²) in [5, 5.41) is 0. The van der Waals surface area contributed by atoms with Gasteiger partial charge in [0.05, 0.1) is 24.1 Å². The molecule has 3 aromatic rings. The fourth-order valence-corrected chi connectivity index (χ4v) is 3.92. The van der Waals surface area contributed by atoms with Crippen molar-refractivity contribution in [2.45, 2.75) is 26.4 Å². The monoisotopic (exact) mass is 448 g/mol. The Balaban J connectivity index is 1.46. The Morgan fingerprint density at radius 1 is 1.09 bits per heavy atom. The zero-order valence-electron chi connectivity index (χ0n) is 18.8. The van der Waals surface area contributed by atoms with Gasteiger partial charge in [-0.25, -0.2) is 4.98 Å². The van der Waals surface area contributed by atoms with Crippen LogP contribution in [0.4, 0.5) is 11.5 Å². The Labute approximate surface area is 192 Å². The number of carbonyl (C=O) groups excluding carboxylic acids is 2. The Kier molecular flexibility index (Phi) is 6.58. The summed E-state index contributed by atoms with van der Waals surface area (Å²) in [4.78, 5) is 39.1. The van der Waals surface area contributed by atoms with Crippen LogP contribution in [0.1, 0.15) is 40.5 Å². The third kappa shape index (κ3) is 4.97. The summed E-state index contributed by atoms with van der Waals surface area (Å²) in [5.41, 5.74) is 6.87. The first-order valence-corrected chi connectivity index (χ1v) is 11.0. The lowest BCUT2D eigenvalue weighted by atomic mass is 10.2. The lowest BCUT2D eigenvalue weighted by Crippen LogP contribution is -2.49. The number of hydrogen-bond acceptors (Lipinski definition) is 7. The van der Waals surface area contributed by atoms with Crippen LogP contribution in [-0.2, 0) is 6.54 Å². The molecule has 0 aromatic carbocycles.